The Morgan fingerprint density at radius 2 is 1.58 bits per heavy atom. The molecule has 0 spiro atoms. The van der Waals surface area contributed by atoms with E-state index in [-0.39, 0.29) is 0 Å². The first kappa shape index (κ1) is 15.9. The zero-order chi connectivity index (χ0) is 17.5. The topological polar surface area (TPSA) is 12.0 Å². The van der Waals surface area contributed by atoms with Crippen molar-refractivity contribution >= 4 is 21.6 Å². The van der Waals surface area contributed by atoms with Crippen molar-refractivity contribution in [3.8, 4) is 11.1 Å². The number of fused-ring (bicyclic) bond motifs is 3. The summed E-state index contributed by atoms with van der Waals surface area (Å²) in [5.41, 5.74) is 6.61. The fraction of sp³-hybridized carbons (Fsp3) is 0.167. The van der Waals surface area contributed by atoms with Crippen LogP contribution >= 0.6 is 15.9 Å². The predicted molar refractivity (Wildman–Crippen MR) is 112 cm³/mol. The van der Waals surface area contributed by atoms with Crippen LogP contribution in [0.4, 0.5) is 5.69 Å². The van der Waals surface area contributed by atoms with Gasteiger partial charge in [0, 0.05) is 21.6 Å². The summed E-state index contributed by atoms with van der Waals surface area (Å²) in [6.07, 6.45) is 5.88. The highest BCUT2D eigenvalue weighted by molar-refractivity contribution is 9.10. The highest BCUT2D eigenvalue weighted by Crippen LogP contribution is 2.52. The summed E-state index contributed by atoms with van der Waals surface area (Å²) in [6, 6.07) is 26.3. The maximum Gasteiger partial charge on any atom is 0.0565 e. The lowest BCUT2D eigenvalue weighted by Crippen LogP contribution is -2.29. The monoisotopic (exact) mass is 401 g/mol. The zero-order valence-corrected chi connectivity index (χ0v) is 16.0. The number of rotatable bonds is 2. The first-order valence-corrected chi connectivity index (χ1v) is 9.98. The van der Waals surface area contributed by atoms with Crippen LogP contribution < -0.4 is 5.32 Å². The molecule has 3 aromatic rings. The van der Waals surface area contributed by atoms with Gasteiger partial charge in [-0.25, -0.2) is 0 Å². The molecular weight excluding hydrogens is 382 g/mol. The predicted octanol–water partition coefficient (Wildman–Crippen LogP) is 6.94. The summed E-state index contributed by atoms with van der Waals surface area (Å²) in [7, 11) is 0. The van der Waals surface area contributed by atoms with Gasteiger partial charge in [-0.15, -0.1) is 0 Å². The van der Waals surface area contributed by atoms with Gasteiger partial charge in [0.15, 0.2) is 0 Å². The molecule has 1 aliphatic carbocycles. The van der Waals surface area contributed by atoms with E-state index in [2.05, 4.69) is 106 Å². The van der Waals surface area contributed by atoms with Crippen molar-refractivity contribution in [3.63, 3.8) is 0 Å². The average molecular weight is 402 g/mol. The van der Waals surface area contributed by atoms with Crippen LogP contribution in [0.5, 0.6) is 0 Å². The van der Waals surface area contributed by atoms with Gasteiger partial charge in [-0.05, 0) is 35.1 Å². The molecule has 0 unspecified atom stereocenters. The van der Waals surface area contributed by atoms with Crippen molar-refractivity contribution in [2.45, 2.75) is 18.4 Å². The van der Waals surface area contributed by atoms with Crippen molar-refractivity contribution in [3.05, 3.63) is 101 Å². The van der Waals surface area contributed by atoms with Crippen molar-refractivity contribution in [1.82, 2.24) is 0 Å². The molecule has 1 heterocycles. The van der Waals surface area contributed by atoms with Crippen LogP contribution in [0.15, 0.2) is 89.4 Å². The number of para-hydroxylation sites is 1. The summed E-state index contributed by atoms with van der Waals surface area (Å²) in [5.74, 6) is 1.04. The van der Waals surface area contributed by atoms with E-state index in [1.807, 2.05) is 0 Å². The van der Waals surface area contributed by atoms with Crippen LogP contribution in [0, 0.1) is 5.92 Å². The molecule has 0 saturated carbocycles. The second-order valence-electron chi connectivity index (χ2n) is 7.13. The molecule has 2 aliphatic rings. The second kappa shape index (κ2) is 6.44. The van der Waals surface area contributed by atoms with E-state index < -0.39 is 0 Å². The fourth-order valence-electron chi connectivity index (χ4n) is 4.51. The minimum Gasteiger partial charge on any atom is -0.377 e. The molecule has 0 saturated heterocycles. The van der Waals surface area contributed by atoms with Crippen molar-refractivity contribution in [2.75, 3.05) is 5.32 Å². The Morgan fingerprint density at radius 3 is 2.42 bits per heavy atom. The Balaban J connectivity index is 1.68. The minimum atomic E-state index is 0.308. The number of allylic oxidation sites excluding steroid dienone is 2. The number of halogens is 1. The van der Waals surface area contributed by atoms with Crippen molar-refractivity contribution in [2.24, 2.45) is 5.92 Å². The van der Waals surface area contributed by atoms with E-state index >= 15 is 0 Å². The van der Waals surface area contributed by atoms with Gasteiger partial charge < -0.3 is 5.32 Å². The molecule has 2 heteroatoms. The van der Waals surface area contributed by atoms with Crippen LogP contribution in [-0.2, 0) is 0 Å². The summed E-state index contributed by atoms with van der Waals surface area (Å²) < 4.78 is 1.18. The molecule has 0 aromatic heterocycles. The summed E-state index contributed by atoms with van der Waals surface area (Å²) in [4.78, 5) is 0. The standard InChI is InChI=1S/C24H20BrN/c25-22-15-5-4-10-21(22)24-20-14-7-12-18(20)19-13-6-11-17(23(19)26-24)16-8-2-1-3-9-16/h1-13,15,18,20,24,26H,14H2/t18-,20+,24+/m0/s1. The van der Waals surface area contributed by atoms with Gasteiger partial charge in [0.05, 0.1) is 6.04 Å². The Labute approximate surface area is 162 Å². The van der Waals surface area contributed by atoms with E-state index in [0.717, 1.165) is 6.42 Å². The van der Waals surface area contributed by atoms with E-state index in [1.54, 1.807) is 0 Å². The summed E-state index contributed by atoms with van der Waals surface area (Å²) in [6.45, 7) is 0. The van der Waals surface area contributed by atoms with Gasteiger partial charge in [0.2, 0.25) is 0 Å². The second-order valence-corrected chi connectivity index (χ2v) is 7.99. The number of benzene rings is 3. The van der Waals surface area contributed by atoms with Gasteiger partial charge >= 0.3 is 0 Å². The summed E-state index contributed by atoms with van der Waals surface area (Å²) >= 11 is 3.77. The van der Waals surface area contributed by atoms with Gasteiger partial charge in [-0.2, -0.15) is 0 Å². The highest BCUT2D eigenvalue weighted by atomic mass is 79.9. The quantitative estimate of drug-likeness (QED) is 0.458. The Kier molecular flexibility index (Phi) is 3.94. The Bertz CT molecular complexity index is 977. The molecule has 0 bridgehead atoms. The SMILES string of the molecule is Brc1ccccc1[C@@H]1Nc2c(-c3ccccc3)cccc2[C@@H]2C=CC[C@H]21. The van der Waals surface area contributed by atoms with Crippen LogP contribution in [0.3, 0.4) is 0 Å². The lowest BCUT2D eigenvalue weighted by atomic mass is 9.76. The van der Waals surface area contributed by atoms with Crippen LogP contribution in [0.2, 0.25) is 0 Å². The molecule has 1 aliphatic heterocycles. The van der Waals surface area contributed by atoms with Crippen molar-refractivity contribution < 1.29 is 0 Å². The largest absolute Gasteiger partial charge is 0.377 e. The maximum atomic E-state index is 3.92. The van der Waals surface area contributed by atoms with Gasteiger partial charge in [-0.3, -0.25) is 0 Å². The Hall–Kier alpha value is -2.32. The molecule has 5 rings (SSSR count). The molecule has 1 nitrogen and oxygen atoms in total. The fourth-order valence-corrected chi connectivity index (χ4v) is 5.05. The summed E-state index contributed by atoms with van der Waals surface area (Å²) in [5, 5.41) is 3.92. The van der Waals surface area contributed by atoms with Gasteiger partial charge in [0.1, 0.15) is 0 Å². The van der Waals surface area contributed by atoms with Crippen LogP contribution in [0.1, 0.15) is 29.5 Å². The number of hydrogen-bond acceptors (Lipinski definition) is 1. The number of nitrogens with one attached hydrogen (secondary N) is 1. The lowest BCUT2D eigenvalue weighted by Gasteiger charge is -2.39. The zero-order valence-electron chi connectivity index (χ0n) is 14.4. The Morgan fingerprint density at radius 1 is 0.808 bits per heavy atom. The average Bonchev–Trinajstić information content (AvgIpc) is 3.18. The normalized spacial score (nSPS) is 23.2. The third-order valence-corrected chi connectivity index (χ3v) is 6.44. The molecule has 3 atom stereocenters. The third kappa shape index (κ3) is 2.52. The molecule has 3 aromatic carbocycles. The first-order chi connectivity index (χ1) is 12.8. The van der Waals surface area contributed by atoms with E-state index in [1.165, 1.54) is 32.4 Å². The maximum absolute atomic E-state index is 3.92. The molecule has 128 valence electrons. The molecule has 0 radical (unpaired) electrons. The van der Waals surface area contributed by atoms with E-state index in [9.17, 15) is 0 Å². The smallest absolute Gasteiger partial charge is 0.0565 e. The van der Waals surface area contributed by atoms with Crippen LogP contribution in [-0.4, -0.2) is 0 Å². The van der Waals surface area contributed by atoms with Gasteiger partial charge in [0.25, 0.3) is 0 Å². The number of anilines is 1. The van der Waals surface area contributed by atoms with Crippen molar-refractivity contribution in [1.29, 1.82) is 0 Å². The third-order valence-electron chi connectivity index (χ3n) is 5.72. The van der Waals surface area contributed by atoms with Gasteiger partial charge in [-0.1, -0.05) is 94.8 Å². The molecule has 0 fully saturated rings. The molecular formula is C24H20BrN. The molecule has 0 amide bonds. The molecule has 26 heavy (non-hydrogen) atoms. The van der Waals surface area contributed by atoms with E-state index in [4.69, 9.17) is 0 Å². The van der Waals surface area contributed by atoms with Crippen LogP contribution in [0.25, 0.3) is 11.1 Å². The van der Waals surface area contributed by atoms with E-state index in [0.29, 0.717) is 17.9 Å². The number of hydrogen-bond donors (Lipinski definition) is 1. The molecule has 1 N–H and O–H groups in total. The first-order valence-electron chi connectivity index (χ1n) is 9.19. The lowest BCUT2D eigenvalue weighted by molar-refractivity contribution is 0.425. The highest BCUT2D eigenvalue weighted by Gasteiger charge is 2.39. The minimum absolute atomic E-state index is 0.308.